The van der Waals surface area contributed by atoms with E-state index in [1.165, 1.54) is 16.4 Å². The van der Waals surface area contributed by atoms with E-state index in [0.29, 0.717) is 25.2 Å². The molecule has 2 rings (SSSR count). The van der Waals surface area contributed by atoms with Crippen LogP contribution < -0.4 is 5.32 Å². The zero-order valence-electron chi connectivity index (χ0n) is 13.1. The van der Waals surface area contributed by atoms with E-state index in [2.05, 4.69) is 5.32 Å². The molecule has 1 aromatic carbocycles. The van der Waals surface area contributed by atoms with E-state index < -0.39 is 10.0 Å². The van der Waals surface area contributed by atoms with Gasteiger partial charge in [0.25, 0.3) is 5.91 Å². The number of hydrogen-bond acceptors (Lipinski definition) is 4. The molecule has 1 saturated heterocycles. The maximum Gasteiger partial charge on any atom is 0.251 e. The Balaban J connectivity index is 2.02. The van der Waals surface area contributed by atoms with Gasteiger partial charge >= 0.3 is 0 Å². The molecule has 0 radical (unpaired) electrons. The highest BCUT2D eigenvalue weighted by Gasteiger charge is 2.27. The minimum Gasteiger partial charge on any atom is -0.351 e. The second-order valence-corrected chi connectivity index (χ2v) is 7.63. The fraction of sp³-hybridized carbons (Fsp3) is 0.533. The summed E-state index contributed by atoms with van der Waals surface area (Å²) >= 11 is 0. The lowest BCUT2D eigenvalue weighted by Crippen LogP contribution is -2.31. The van der Waals surface area contributed by atoms with Crippen LogP contribution in [0.4, 0.5) is 0 Å². The van der Waals surface area contributed by atoms with Crippen molar-refractivity contribution in [1.82, 2.24) is 14.5 Å². The molecule has 22 heavy (non-hydrogen) atoms. The van der Waals surface area contributed by atoms with Gasteiger partial charge in [-0.05, 0) is 51.2 Å². The number of likely N-dealkylation sites (N-methyl/N-ethyl adjacent to an activating group) is 1. The molecule has 0 saturated carbocycles. The summed E-state index contributed by atoms with van der Waals surface area (Å²) in [7, 11) is 0.455. The first-order chi connectivity index (χ1) is 10.4. The number of amides is 1. The van der Waals surface area contributed by atoms with Crippen molar-refractivity contribution < 1.29 is 13.2 Å². The Hall–Kier alpha value is -1.44. The fourth-order valence-electron chi connectivity index (χ4n) is 2.35. The van der Waals surface area contributed by atoms with E-state index in [4.69, 9.17) is 0 Å². The van der Waals surface area contributed by atoms with Crippen LogP contribution in [0.2, 0.25) is 0 Å². The van der Waals surface area contributed by atoms with Gasteiger partial charge in [0, 0.05) is 31.7 Å². The highest BCUT2D eigenvalue weighted by molar-refractivity contribution is 7.89. The lowest BCUT2D eigenvalue weighted by molar-refractivity contribution is 0.0951. The average molecular weight is 325 g/mol. The minimum atomic E-state index is -3.41. The van der Waals surface area contributed by atoms with Gasteiger partial charge in [0.1, 0.15) is 0 Å². The number of carbonyl (C=O) groups is 1. The van der Waals surface area contributed by atoms with Gasteiger partial charge in [0.15, 0.2) is 0 Å². The van der Waals surface area contributed by atoms with Gasteiger partial charge in [-0.15, -0.1) is 0 Å². The molecule has 1 heterocycles. The fourth-order valence-corrected chi connectivity index (χ4v) is 3.87. The topological polar surface area (TPSA) is 69.7 Å². The van der Waals surface area contributed by atoms with Gasteiger partial charge in [-0.3, -0.25) is 4.79 Å². The van der Waals surface area contributed by atoms with Crippen LogP contribution in [0.15, 0.2) is 29.2 Å². The number of hydrogen-bond donors (Lipinski definition) is 1. The zero-order chi connectivity index (χ0) is 16.2. The molecular weight excluding hydrogens is 302 g/mol. The highest BCUT2D eigenvalue weighted by Crippen LogP contribution is 2.20. The first-order valence-corrected chi connectivity index (χ1v) is 8.88. The molecule has 6 nitrogen and oxygen atoms in total. The van der Waals surface area contributed by atoms with Crippen LogP contribution in [0.25, 0.3) is 0 Å². The largest absolute Gasteiger partial charge is 0.351 e. The van der Waals surface area contributed by atoms with Crippen molar-refractivity contribution in [2.45, 2.75) is 17.7 Å². The molecule has 7 heteroatoms. The van der Waals surface area contributed by atoms with E-state index in [1.54, 1.807) is 12.1 Å². The van der Waals surface area contributed by atoms with Crippen LogP contribution in [-0.2, 0) is 10.0 Å². The second-order valence-electron chi connectivity index (χ2n) is 5.69. The molecule has 0 atom stereocenters. The molecule has 122 valence electrons. The molecule has 0 aromatic heterocycles. The van der Waals surface area contributed by atoms with Crippen molar-refractivity contribution in [3.05, 3.63) is 29.8 Å². The van der Waals surface area contributed by atoms with Crippen LogP contribution in [-0.4, -0.2) is 63.8 Å². The maximum atomic E-state index is 12.4. The van der Waals surface area contributed by atoms with Gasteiger partial charge in [0.2, 0.25) is 10.0 Å². The van der Waals surface area contributed by atoms with Gasteiger partial charge in [-0.1, -0.05) is 0 Å². The normalized spacial score (nSPS) is 16.1. The molecule has 1 aromatic rings. The summed E-state index contributed by atoms with van der Waals surface area (Å²) in [6.07, 6.45) is 1.82. The number of rotatable bonds is 6. The van der Waals surface area contributed by atoms with Crippen LogP contribution >= 0.6 is 0 Å². The molecule has 1 fully saturated rings. The summed E-state index contributed by atoms with van der Waals surface area (Å²) < 4.78 is 26.3. The Morgan fingerprint density at radius 1 is 1.18 bits per heavy atom. The molecule has 1 amide bonds. The summed E-state index contributed by atoms with van der Waals surface area (Å²) in [6, 6.07) is 6.14. The first kappa shape index (κ1) is 16.9. The summed E-state index contributed by atoms with van der Waals surface area (Å²) in [5.74, 6) is -0.188. The van der Waals surface area contributed by atoms with Gasteiger partial charge < -0.3 is 10.2 Å². The van der Waals surface area contributed by atoms with Crippen molar-refractivity contribution in [3.63, 3.8) is 0 Å². The predicted molar refractivity (Wildman–Crippen MR) is 85.3 cm³/mol. The molecule has 0 unspecified atom stereocenters. The highest BCUT2D eigenvalue weighted by atomic mass is 32.2. The Labute approximate surface area is 132 Å². The third kappa shape index (κ3) is 4.06. The quantitative estimate of drug-likeness (QED) is 0.838. The molecular formula is C15H23N3O3S. The van der Waals surface area contributed by atoms with Crippen LogP contribution in [0.5, 0.6) is 0 Å². The first-order valence-electron chi connectivity index (χ1n) is 7.44. The van der Waals surface area contributed by atoms with Gasteiger partial charge in [0.05, 0.1) is 4.90 Å². The van der Waals surface area contributed by atoms with Crippen LogP contribution in [0, 0.1) is 0 Å². The Kier molecular flexibility index (Phi) is 5.55. The molecule has 1 aliphatic heterocycles. The van der Waals surface area contributed by atoms with Crippen LogP contribution in [0.3, 0.4) is 0 Å². The maximum absolute atomic E-state index is 12.4. The SMILES string of the molecule is CN(C)CCNC(=O)c1ccc(S(=O)(=O)N2CCCC2)cc1. The van der Waals surface area contributed by atoms with E-state index in [0.717, 1.165) is 19.4 Å². The Bertz CT molecular complexity index is 605. The number of carbonyl (C=O) groups excluding carboxylic acids is 1. The monoisotopic (exact) mass is 325 g/mol. The van der Waals surface area contributed by atoms with Gasteiger partial charge in [-0.2, -0.15) is 4.31 Å². The van der Waals surface area contributed by atoms with E-state index >= 15 is 0 Å². The number of benzene rings is 1. The van der Waals surface area contributed by atoms with E-state index in [1.807, 2.05) is 19.0 Å². The summed E-state index contributed by atoms with van der Waals surface area (Å²) in [6.45, 7) is 2.47. The molecule has 1 N–H and O–H groups in total. The van der Waals surface area contributed by atoms with Crippen molar-refractivity contribution in [1.29, 1.82) is 0 Å². The van der Waals surface area contributed by atoms with E-state index in [-0.39, 0.29) is 10.8 Å². The number of sulfonamides is 1. The predicted octanol–water partition coefficient (Wildman–Crippen LogP) is 0.763. The summed E-state index contributed by atoms with van der Waals surface area (Å²) in [5, 5.41) is 2.80. The summed E-state index contributed by atoms with van der Waals surface area (Å²) in [4.78, 5) is 14.2. The van der Waals surface area contributed by atoms with Crippen molar-refractivity contribution in [2.75, 3.05) is 40.3 Å². The Morgan fingerprint density at radius 2 is 1.77 bits per heavy atom. The summed E-state index contributed by atoms with van der Waals surface area (Å²) in [5.41, 5.74) is 0.471. The Morgan fingerprint density at radius 3 is 2.32 bits per heavy atom. The lowest BCUT2D eigenvalue weighted by atomic mass is 10.2. The third-order valence-electron chi connectivity index (χ3n) is 3.66. The molecule has 0 bridgehead atoms. The average Bonchev–Trinajstić information content (AvgIpc) is 3.02. The van der Waals surface area contributed by atoms with E-state index in [9.17, 15) is 13.2 Å². The smallest absolute Gasteiger partial charge is 0.251 e. The standard InChI is InChI=1S/C15H23N3O3S/c1-17(2)12-9-16-15(19)13-5-7-14(8-6-13)22(20,21)18-10-3-4-11-18/h5-8H,3-4,9-12H2,1-2H3,(H,16,19). The molecule has 0 aliphatic carbocycles. The van der Waals surface area contributed by atoms with Crippen molar-refractivity contribution >= 4 is 15.9 Å². The number of nitrogens with zero attached hydrogens (tertiary/aromatic N) is 2. The lowest BCUT2D eigenvalue weighted by Gasteiger charge is -2.15. The third-order valence-corrected chi connectivity index (χ3v) is 5.58. The van der Waals surface area contributed by atoms with Gasteiger partial charge in [-0.25, -0.2) is 8.42 Å². The number of nitrogens with one attached hydrogen (secondary N) is 1. The van der Waals surface area contributed by atoms with Crippen molar-refractivity contribution in [2.24, 2.45) is 0 Å². The molecule has 1 aliphatic rings. The van der Waals surface area contributed by atoms with Crippen LogP contribution in [0.1, 0.15) is 23.2 Å². The minimum absolute atomic E-state index is 0.188. The zero-order valence-corrected chi connectivity index (χ0v) is 13.9. The molecule has 0 spiro atoms. The second kappa shape index (κ2) is 7.21. The van der Waals surface area contributed by atoms with Crippen molar-refractivity contribution in [3.8, 4) is 0 Å².